The topological polar surface area (TPSA) is 9.86 Å². The predicted molar refractivity (Wildman–Crippen MR) is 216 cm³/mol. The fraction of sp³-hybridized carbons (Fsp3) is 0.0204. The summed E-state index contributed by atoms with van der Waals surface area (Å²) >= 11 is 0. The summed E-state index contributed by atoms with van der Waals surface area (Å²) in [5.74, 6) is -1.68. The van der Waals surface area contributed by atoms with Gasteiger partial charge in [0.25, 0.3) is 0 Å². The molecule has 2 aromatic heterocycles. The summed E-state index contributed by atoms with van der Waals surface area (Å²) in [6, 6.07) is 51.7. The molecule has 0 aliphatic rings. The highest BCUT2D eigenvalue weighted by atomic mass is 19.4. The van der Waals surface area contributed by atoms with Gasteiger partial charge in [-0.1, -0.05) is 109 Å². The second-order valence-electron chi connectivity index (χ2n) is 13.9. The van der Waals surface area contributed by atoms with Crippen LogP contribution in [0.1, 0.15) is 5.56 Å². The number of para-hydroxylation sites is 2. The summed E-state index contributed by atoms with van der Waals surface area (Å²) in [7, 11) is 0. The number of rotatable bonds is 5. The van der Waals surface area contributed by atoms with Gasteiger partial charge in [-0.3, -0.25) is 0 Å². The molecule has 0 aliphatic heterocycles. The van der Waals surface area contributed by atoms with E-state index in [-0.39, 0.29) is 22.5 Å². The lowest BCUT2D eigenvalue weighted by Crippen LogP contribution is -2.13. The first-order valence-electron chi connectivity index (χ1n) is 18.1. The van der Waals surface area contributed by atoms with Crippen LogP contribution in [0.3, 0.4) is 0 Å². The molecule has 0 aliphatic carbocycles. The molecular formula is C49H29F5N2. The minimum atomic E-state index is -4.82. The van der Waals surface area contributed by atoms with Crippen molar-refractivity contribution < 1.29 is 22.0 Å². The number of fused-ring (bicyclic) bond motifs is 6. The highest BCUT2D eigenvalue weighted by Gasteiger charge is 2.37. The first kappa shape index (κ1) is 33.6. The molecule has 0 fully saturated rings. The molecule has 0 N–H and O–H groups in total. The van der Waals surface area contributed by atoms with Gasteiger partial charge in [-0.15, -0.1) is 0 Å². The molecule has 270 valence electrons. The minimum absolute atomic E-state index is 0.103. The molecule has 0 bridgehead atoms. The normalized spacial score (nSPS) is 12.0. The van der Waals surface area contributed by atoms with Gasteiger partial charge in [0, 0.05) is 33.2 Å². The zero-order chi connectivity index (χ0) is 38.1. The summed E-state index contributed by atoms with van der Waals surface area (Å²) in [6.45, 7) is 0. The van der Waals surface area contributed by atoms with Crippen molar-refractivity contribution in [2.24, 2.45) is 0 Å². The van der Waals surface area contributed by atoms with Crippen LogP contribution in [0.2, 0.25) is 0 Å². The maximum Gasteiger partial charge on any atom is 0.418 e. The minimum Gasteiger partial charge on any atom is -0.309 e. The lowest BCUT2D eigenvalue weighted by molar-refractivity contribution is -0.137. The molecule has 10 rings (SSSR count). The Morgan fingerprint density at radius 3 is 1.29 bits per heavy atom. The van der Waals surface area contributed by atoms with E-state index < -0.39 is 23.4 Å². The number of nitrogens with zero attached hydrogens (tertiary/aromatic N) is 2. The van der Waals surface area contributed by atoms with Gasteiger partial charge in [-0.25, -0.2) is 8.78 Å². The van der Waals surface area contributed by atoms with Crippen LogP contribution in [0.25, 0.3) is 88.4 Å². The van der Waals surface area contributed by atoms with Gasteiger partial charge >= 0.3 is 6.18 Å². The quantitative estimate of drug-likeness (QED) is 0.156. The number of hydrogen-bond donors (Lipinski definition) is 0. The molecule has 8 aromatic carbocycles. The van der Waals surface area contributed by atoms with Crippen molar-refractivity contribution in [1.29, 1.82) is 0 Å². The van der Waals surface area contributed by atoms with Gasteiger partial charge in [-0.2, -0.15) is 13.2 Å². The van der Waals surface area contributed by atoms with Crippen molar-refractivity contribution in [3.8, 4) is 44.8 Å². The predicted octanol–water partition coefficient (Wildman–Crippen LogP) is 14.2. The van der Waals surface area contributed by atoms with Crippen LogP contribution in [-0.2, 0) is 6.18 Å². The lowest BCUT2D eigenvalue weighted by Gasteiger charge is -2.22. The third kappa shape index (κ3) is 5.46. The van der Waals surface area contributed by atoms with Gasteiger partial charge < -0.3 is 9.13 Å². The van der Waals surface area contributed by atoms with Gasteiger partial charge in [0.15, 0.2) is 0 Å². The van der Waals surface area contributed by atoms with Crippen molar-refractivity contribution in [3.05, 3.63) is 193 Å². The smallest absolute Gasteiger partial charge is 0.309 e. The molecule has 56 heavy (non-hydrogen) atoms. The van der Waals surface area contributed by atoms with E-state index in [1.54, 1.807) is 21.3 Å². The Hall–Kier alpha value is -6.99. The van der Waals surface area contributed by atoms with E-state index in [0.717, 1.165) is 55.9 Å². The standard InChI is InChI=1S/C49H29F5N2/c50-35-23-34(24-36(51)27-35)39-28-48(56-44-18-10-8-16-38(44)41-26-33(20-22-46(41)56)31-13-5-2-6-14-31)42(49(52,53)54)29-47(39)55-43-17-9-7-15-37(43)40-25-32(19-21-45(40)55)30-11-3-1-4-12-30/h1-29H. The Kier molecular flexibility index (Phi) is 7.68. The maximum absolute atomic E-state index is 15.7. The molecule has 0 amide bonds. The van der Waals surface area contributed by atoms with E-state index in [2.05, 4.69) is 0 Å². The fourth-order valence-corrected chi connectivity index (χ4v) is 8.20. The van der Waals surface area contributed by atoms with E-state index in [1.165, 1.54) is 18.2 Å². The Labute approximate surface area is 317 Å². The Bertz CT molecular complexity index is 3120. The van der Waals surface area contributed by atoms with Crippen LogP contribution in [0.15, 0.2) is 176 Å². The van der Waals surface area contributed by atoms with E-state index >= 15 is 22.0 Å². The van der Waals surface area contributed by atoms with E-state index in [0.29, 0.717) is 22.1 Å². The monoisotopic (exact) mass is 740 g/mol. The average molecular weight is 741 g/mol. The van der Waals surface area contributed by atoms with Crippen molar-refractivity contribution in [2.75, 3.05) is 0 Å². The summed E-state index contributed by atoms with van der Waals surface area (Å²) in [5.41, 5.74) is 5.67. The van der Waals surface area contributed by atoms with Gasteiger partial charge in [-0.05, 0) is 88.5 Å². The molecule has 2 heterocycles. The zero-order valence-corrected chi connectivity index (χ0v) is 29.5. The number of alkyl halides is 3. The van der Waals surface area contributed by atoms with Crippen LogP contribution in [0, 0.1) is 11.6 Å². The molecule has 0 saturated heterocycles. The lowest BCUT2D eigenvalue weighted by atomic mass is 9.98. The van der Waals surface area contributed by atoms with Crippen LogP contribution < -0.4 is 0 Å². The summed E-state index contributed by atoms with van der Waals surface area (Å²) in [4.78, 5) is 0. The second kappa shape index (κ2) is 12.8. The number of aromatic nitrogens is 2. The van der Waals surface area contributed by atoms with E-state index in [1.807, 2.05) is 133 Å². The first-order chi connectivity index (χ1) is 27.2. The molecule has 0 saturated carbocycles. The molecule has 0 atom stereocenters. The van der Waals surface area contributed by atoms with Crippen LogP contribution in [0.4, 0.5) is 22.0 Å². The van der Waals surface area contributed by atoms with E-state index in [4.69, 9.17) is 0 Å². The fourth-order valence-electron chi connectivity index (χ4n) is 8.20. The Morgan fingerprint density at radius 1 is 0.339 bits per heavy atom. The van der Waals surface area contributed by atoms with Gasteiger partial charge in [0.1, 0.15) is 11.6 Å². The van der Waals surface area contributed by atoms with Crippen molar-refractivity contribution in [2.45, 2.75) is 6.18 Å². The third-order valence-corrected chi connectivity index (χ3v) is 10.6. The second-order valence-corrected chi connectivity index (χ2v) is 13.9. The van der Waals surface area contributed by atoms with E-state index in [9.17, 15) is 0 Å². The van der Waals surface area contributed by atoms with Crippen molar-refractivity contribution in [1.82, 2.24) is 9.13 Å². The molecular weight excluding hydrogens is 712 g/mol. The van der Waals surface area contributed by atoms with Crippen LogP contribution in [0.5, 0.6) is 0 Å². The summed E-state index contributed by atoms with van der Waals surface area (Å²) < 4.78 is 80.8. The molecule has 0 spiro atoms. The number of benzene rings is 8. The zero-order valence-electron chi connectivity index (χ0n) is 29.5. The first-order valence-corrected chi connectivity index (χ1v) is 18.1. The molecule has 0 radical (unpaired) electrons. The highest BCUT2D eigenvalue weighted by molar-refractivity contribution is 6.12. The summed E-state index contributed by atoms with van der Waals surface area (Å²) in [5, 5.41) is 3.19. The molecule has 0 unspecified atom stereocenters. The third-order valence-electron chi connectivity index (χ3n) is 10.6. The Balaban J connectivity index is 1.31. The highest BCUT2D eigenvalue weighted by Crippen LogP contribution is 2.46. The summed E-state index contributed by atoms with van der Waals surface area (Å²) in [6.07, 6.45) is -4.82. The number of halogens is 5. The van der Waals surface area contributed by atoms with Gasteiger partial charge in [0.05, 0.1) is 39.0 Å². The Morgan fingerprint density at radius 2 is 0.786 bits per heavy atom. The van der Waals surface area contributed by atoms with Crippen molar-refractivity contribution in [3.63, 3.8) is 0 Å². The van der Waals surface area contributed by atoms with Crippen LogP contribution in [-0.4, -0.2) is 9.13 Å². The molecule has 10 aromatic rings. The van der Waals surface area contributed by atoms with Gasteiger partial charge in [0.2, 0.25) is 0 Å². The van der Waals surface area contributed by atoms with Crippen molar-refractivity contribution >= 4 is 43.6 Å². The van der Waals surface area contributed by atoms with Crippen LogP contribution >= 0.6 is 0 Å². The SMILES string of the molecule is Fc1cc(F)cc(-c2cc(-n3c4ccccc4c4cc(-c5ccccc5)ccc43)c(C(F)(F)F)cc2-n2c3ccccc3c3cc(-c4ccccc4)ccc32)c1. The number of hydrogen-bond acceptors (Lipinski definition) is 0. The average Bonchev–Trinajstić information content (AvgIpc) is 3.72. The molecule has 2 nitrogen and oxygen atoms in total. The largest absolute Gasteiger partial charge is 0.418 e. The maximum atomic E-state index is 15.7. The molecule has 7 heteroatoms.